The Labute approximate surface area is 110 Å². The summed E-state index contributed by atoms with van der Waals surface area (Å²) in [6, 6.07) is 0. The number of amides is 1. The summed E-state index contributed by atoms with van der Waals surface area (Å²) in [7, 11) is 0. The first kappa shape index (κ1) is 13.4. The lowest BCUT2D eigenvalue weighted by molar-refractivity contribution is 0.0298. The minimum atomic E-state index is -0.397. The van der Waals surface area contributed by atoms with Crippen LogP contribution in [0.25, 0.3) is 0 Å². The summed E-state index contributed by atoms with van der Waals surface area (Å²) in [5.74, 6) is 0.822. The Balaban J connectivity index is 1.93. The fourth-order valence-electron chi connectivity index (χ4n) is 2.84. The third kappa shape index (κ3) is 3.06. The summed E-state index contributed by atoms with van der Waals surface area (Å²) in [5, 5.41) is 0. The van der Waals surface area contributed by atoms with Gasteiger partial charge in [0, 0.05) is 13.1 Å². The van der Waals surface area contributed by atoms with Gasteiger partial charge in [0.25, 0.3) is 0 Å². The van der Waals surface area contributed by atoms with Gasteiger partial charge in [0.1, 0.15) is 5.60 Å². The van der Waals surface area contributed by atoms with Gasteiger partial charge in [-0.15, -0.1) is 0 Å². The molecule has 0 aromatic heterocycles. The highest BCUT2D eigenvalue weighted by Crippen LogP contribution is 2.36. The molecule has 3 nitrogen and oxygen atoms in total. The molecule has 18 heavy (non-hydrogen) atoms. The third-order valence-electron chi connectivity index (χ3n) is 3.88. The molecule has 102 valence electrons. The van der Waals surface area contributed by atoms with E-state index < -0.39 is 5.60 Å². The van der Waals surface area contributed by atoms with Gasteiger partial charge in [-0.05, 0) is 57.1 Å². The van der Waals surface area contributed by atoms with Gasteiger partial charge in [-0.1, -0.05) is 13.3 Å². The number of carbonyl (C=O) groups excluding carboxylic acids is 1. The van der Waals surface area contributed by atoms with Crippen molar-refractivity contribution >= 4 is 6.09 Å². The highest BCUT2D eigenvalue weighted by molar-refractivity contribution is 5.70. The van der Waals surface area contributed by atoms with Crippen molar-refractivity contribution in [3.63, 3.8) is 0 Å². The lowest BCUT2D eigenvalue weighted by Crippen LogP contribution is -2.35. The van der Waals surface area contributed by atoms with Crippen LogP contribution in [0.5, 0.6) is 0 Å². The highest BCUT2D eigenvalue weighted by atomic mass is 16.6. The van der Waals surface area contributed by atoms with Crippen LogP contribution in [0.4, 0.5) is 4.79 Å². The maximum Gasteiger partial charge on any atom is 0.410 e. The van der Waals surface area contributed by atoms with Crippen LogP contribution >= 0.6 is 0 Å². The van der Waals surface area contributed by atoms with E-state index in [9.17, 15) is 4.79 Å². The molecule has 0 saturated heterocycles. The molecule has 1 heterocycles. The SMILES string of the molecule is CCC1CCC2=C(C1)CN(C(=O)OC(C)(C)C)C2. The van der Waals surface area contributed by atoms with E-state index in [0.29, 0.717) is 0 Å². The van der Waals surface area contributed by atoms with Crippen LogP contribution in [0, 0.1) is 5.92 Å². The van der Waals surface area contributed by atoms with Crippen molar-refractivity contribution in [2.24, 2.45) is 5.92 Å². The van der Waals surface area contributed by atoms with Gasteiger partial charge in [0.2, 0.25) is 0 Å². The zero-order valence-electron chi connectivity index (χ0n) is 12.1. The molecule has 1 atom stereocenters. The number of ether oxygens (including phenoxy) is 1. The fraction of sp³-hybridized carbons (Fsp3) is 0.800. The standard InChI is InChI=1S/C15H25NO2/c1-5-11-6-7-12-9-16(10-13(12)8-11)14(17)18-15(2,3)4/h11H,5-10H2,1-4H3. The van der Waals surface area contributed by atoms with E-state index in [-0.39, 0.29) is 6.09 Å². The van der Waals surface area contributed by atoms with Crippen LogP contribution in [0.15, 0.2) is 11.1 Å². The Morgan fingerprint density at radius 3 is 2.61 bits per heavy atom. The van der Waals surface area contributed by atoms with Crippen LogP contribution in [0.3, 0.4) is 0 Å². The molecule has 1 aliphatic carbocycles. The first-order valence-electron chi connectivity index (χ1n) is 7.06. The van der Waals surface area contributed by atoms with Gasteiger partial charge in [0.15, 0.2) is 0 Å². The average Bonchev–Trinajstić information content (AvgIpc) is 2.69. The lowest BCUT2D eigenvalue weighted by atomic mass is 9.84. The quantitative estimate of drug-likeness (QED) is 0.664. The van der Waals surface area contributed by atoms with Crippen LogP contribution in [-0.2, 0) is 4.74 Å². The Morgan fingerprint density at radius 1 is 1.33 bits per heavy atom. The monoisotopic (exact) mass is 251 g/mol. The van der Waals surface area contributed by atoms with E-state index in [1.807, 2.05) is 25.7 Å². The molecule has 0 aromatic rings. The van der Waals surface area contributed by atoms with Crippen molar-refractivity contribution in [2.75, 3.05) is 13.1 Å². The van der Waals surface area contributed by atoms with Crippen LogP contribution < -0.4 is 0 Å². The normalized spacial score (nSPS) is 24.2. The molecular formula is C15H25NO2. The second-order valence-electron chi connectivity index (χ2n) is 6.56. The smallest absolute Gasteiger partial charge is 0.410 e. The van der Waals surface area contributed by atoms with Crippen molar-refractivity contribution in [1.82, 2.24) is 4.90 Å². The zero-order chi connectivity index (χ0) is 13.3. The number of hydrogen-bond donors (Lipinski definition) is 0. The van der Waals surface area contributed by atoms with Crippen molar-refractivity contribution in [2.45, 2.75) is 59.0 Å². The summed E-state index contributed by atoms with van der Waals surface area (Å²) in [5.41, 5.74) is 2.59. The Morgan fingerprint density at radius 2 is 2.00 bits per heavy atom. The molecule has 2 aliphatic rings. The second kappa shape index (κ2) is 4.94. The van der Waals surface area contributed by atoms with Crippen molar-refractivity contribution in [3.8, 4) is 0 Å². The molecule has 2 rings (SSSR count). The van der Waals surface area contributed by atoms with E-state index >= 15 is 0 Å². The summed E-state index contributed by atoms with van der Waals surface area (Å²) < 4.78 is 5.44. The van der Waals surface area contributed by atoms with Crippen molar-refractivity contribution in [3.05, 3.63) is 11.1 Å². The number of rotatable bonds is 1. The molecule has 0 bridgehead atoms. The minimum Gasteiger partial charge on any atom is -0.444 e. The van der Waals surface area contributed by atoms with Crippen LogP contribution in [-0.4, -0.2) is 29.7 Å². The molecule has 0 saturated carbocycles. The lowest BCUT2D eigenvalue weighted by Gasteiger charge is -2.24. The first-order valence-corrected chi connectivity index (χ1v) is 7.06. The number of carbonyl (C=O) groups is 1. The number of nitrogens with zero attached hydrogens (tertiary/aromatic N) is 1. The van der Waals surface area contributed by atoms with Crippen LogP contribution in [0.2, 0.25) is 0 Å². The number of hydrogen-bond acceptors (Lipinski definition) is 2. The predicted molar refractivity (Wildman–Crippen MR) is 72.5 cm³/mol. The summed E-state index contributed by atoms with van der Waals surface area (Å²) >= 11 is 0. The molecule has 1 aliphatic heterocycles. The largest absolute Gasteiger partial charge is 0.444 e. The molecule has 3 heteroatoms. The second-order valence-corrected chi connectivity index (χ2v) is 6.56. The van der Waals surface area contributed by atoms with E-state index in [1.54, 1.807) is 0 Å². The van der Waals surface area contributed by atoms with Gasteiger partial charge in [-0.25, -0.2) is 4.79 Å². The Bertz CT molecular complexity index is 365. The minimum absolute atomic E-state index is 0.162. The molecule has 0 radical (unpaired) electrons. The summed E-state index contributed by atoms with van der Waals surface area (Å²) in [6.07, 6.45) is 4.74. The van der Waals surface area contributed by atoms with Gasteiger partial charge in [-0.2, -0.15) is 0 Å². The van der Waals surface area contributed by atoms with Gasteiger partial charge in [0.05, 0.1) is 0 Å². The molecule has 0 spiro atoms. The Hall–Kier alpha value is -0.990. The highest BCUT2D eigenvalue weighted by Gasteiger charge is 2.32. The molecule has 0 fully saturated rings. The van der Waals surface area contributed by atoms with E-state index in [1.165, 1.54) is 36.8 Å². The predicted octanol–water partition coefficient (Wildman–Crippen LogP) is 3.74. The van der Waals surface area contributed by atoms with Crippen LogP contribution in [0.1, 0.15) is 53.4 Å². The van der Waals surface area contributed by atoms with Crippen molar-refractivity contribution < 1.29 is 9.53 Å². The molecule has 0 N–H and O–H groups in total. The maximum absolute atomic E-state index is 12.0. The van der Waals surface area contributed by atoms with E-state index in [4.69, 9.17) is 4.74 Å². The zero-order valence-corrected chi connectivity index (χ0v) is 12.1. The summed E-state index contributed by atoms with van der Waals surface area (Å²) in [4.78, 5) is 13.9. The van der Waals surface area contributed by atoms with Crippen molar-refractivity contribution in [1.29, 1.82) is 0 Å². The average molecular weight is 251 g/mol. The topological polar surface area (TPSA) is 29.5 Å². The Kier molecular flexibility index (Phi) is 3.69. The van der Waals surface area contributed by atoms with Gasteiger partial charge in [-0.3, -0.25) is 0 Å². The maximum atomic E-state index is 12.0. The summed E-state index contributed by atoms with van der Waals surface area (Å²) in [6.45, 7) is 9.60. The molecular weight excluding hydrogens is 226 g/mol. The van der Waals surface area contributed by atoms with Gasteiger partial charge >= 0.3 is 6.09 Å². The van der Waals surface area contributed by atoms with E-state index in [0.717, 1.165) is 19.0 Å². The van der Waals surface area contributed by atoms with E-state index in [2.05, 4.69) is 6.92 Å². The molecule has 0 aromatic carbocycles. The van der Waals surface area contributed by atoms with Gasteiger partial charge < -0.3 is 9.64 Å². The fourth-order valence-corrected chi connectivity index (χ4v) is 2.84. The molecule has 1 unspecified atom stereocenters. The first-order chi connectivity index (χ1) is 8.39. The third-order valence-corrected chi connectivity index (χ3v) is 3.88. The molecule has 1 amide bonds.